The molecule has 0 unspecified atom stereocenters. The maximum absolute atomic E-state index is 12.4. The van der Waals surface area contributed by atoms with Crippen LogP contribution in [0.2, 0.25) is 0 Å². The second-order valence-corrected chi connectivity index (χ2v) is 6.89. The summed E-state index contributed by atoms with van der Waals surface area (Å²) in [5.41, 5.74) is 3.25. The van der Waals surface area contributed by atoms with Crippen LogP contribution in [0.25, 0.3) is 10.9 Å². The van der Waals surface area contributed by atoms with Gasteiger partial charge in [0.2, 0.25) is 5.91 Å². The SMILES string of the molecule is Cc1cccc(Nc2nc(CC(=O)Nc3cccc4ncccc34)cs2)n1. The normalized spacial score (nSPS) is 10.7. The minimum absolute atomic E-state index is 0.114. The van der Waals surface area contributed by atoms with Gasteiger partial charge in [-0.05, 0) is 43.3 Å². The van der Waals surface area contributed by atoms with Crippen molar-refractivity contribution < 1.29 is 4.79 Å². The van der Waals surface area contributed by atoms with Gasteiger partial charge in [-0.15, -0.1) is 11.3 Å². The van der Waals surface area contributed by atoms with Gasteiger partial charge in [-0.3, -0.25) is 9.78 Å². The smallest absolute Gasteiger partial charge is 0.230 e. The van der Waals surface area contributed by atoms with E-state index in [-0.39, 0.29) is 12.3 Å². The number of nitrogens with zero attached hydrogens (tertiary/aromatic N) is 3. The van der Waals surface area contributed by atoms with E-state index in [2.05, 4.69) is 25.6 Å². The van der Waals surface area contributed by atoms with Crippen LogP contribution in [-0.4, -0.2) is 20.9 Å². The van der Waals surface area contributed by atoms with E-state index >= 15 is 0 Å². The van der Waals surface area contributed by atoms with Crippen molar-refractivity contribution in [2.24, 2.45) is 0 Å². The van der Waals surface area contributed by atoms with Crippen molar-refractivity contribution in [3.63, 3.8) is 0 Å². The molecule has 3 heterocycles. The second kappa shape index (κ2) is 7.51. The molecular weight excluding hydrogens is 358 g/mol. The molecule has 0 aliphatic carbocycles. The fourth-order valence-electron chi connectivity index (χ4n) is 2.74. The Morgan fingerprint density at radius 2 is 1.96 bits per heavy atom. The van der Waals surface area contributed by atoms with Crippen molar-refractivity contribution in [2.45, 2.75) is 13.3 Å². The lowest BCUT2D eigenvalue weighted by atomic mass is 10.2. The van der Waals surface area contributed by atoms with Gasteiger partial charge in [0.15, 0.2) is 5.13 Å². The van der Waals surface area contributed by atoms with Gasteiger partial charge in [-0.25, -0.2) is 9.97 Å². The van der Waals surface area contributed by atoms with E-state index in [4.69, 9.17) is 0 Å². The Bertz CT molecular complexity index is 1100. The molecule has 0 bridgehead atoms. The molecule has 0 radical (unpaired) electrons. The number of carbonyl (C=O) groups excluding carboxylic acids is 1. The Morgan fingerprint density at radius 1 is 1.07 bits per heavy atom. The predicted molar refractivity (Wildman–Crippen MR) is 108 cm³/mol. The van der Waals surface area contributed by atoms with Crippen LogP contribution in [0.3, 0.4) is 0 Å². The van der Waals surface area contributed by atoms with E-state index in [1.54, 1.807) is 6.20 Å². The van der Waals surface area contributed by atoms with Crippen LogP contribution in [0.15, 0.2) is 60.1 Å². The first-order valence-corrected chi connectivity index (χ1v) is 9.34. The van der Waals surface area contributed by atoms with Crippen LogP contribution in [0.5, 0.6) is 0 Å². The topological polar surface area (TPSA) is 79.8 Å². The number of carbonyl (C=O) groups is 1. The van der Waals surface area contributed by atoms with Gasteiger partial charge in [0.05, 0.1) is 23.3 Å². The first-order chi connectivity index (χ1) is 13.2. The van der Waals surface area contributed by atoms with Crippen molar-refractivity contribution in [1.29, 1.82) is 0 Å². The summed E-state index contributed by atoms with van der Waals surface area (Å²) < 4.78 is 0. The number of hydrogen-bond acceptors (Lipinski definition) is 6. The Labute approximate surface area is 160 Å². The number of pyridine rings is 2. The van der Waals surface area contributed by atoms with Crippen LogP contribution >= 0.6 is 11.3 Å². The average molecular weight is 375 g/mol. The van der Waals surface area contributed by atoms with Gasteiger partial charge in [-0.2, -0.15) is 0 Å². The number of amides is 1. The highest BCUT2D eigenvalue weighted by molar-refractivity contribution is 7.13. The molecule has 27 heavy (non-hydrogen) atoms. The molecule has 2 N–H and O–H groups in total. The number of anilines is 3. The number of aryl methyl sites for hydroxylation is 1. The van der Waals surface area contributed by atoms with Crippen LogP contribution < -0.4 is 10.6 Å². The monoisotopic (exact) mass is 375 g/mol. The molecule has 1 aromatic carbocycles. The van der Waals surface area contributed by atoms with E-state index in [0.29, 0.717) is 10.8 Å². The third kappa shape index (κ3) is 4.09. The first-order valence-electron chi connectivity index (χ1n) is 8.46. The van der Waals surface area contributed by atoms with Crippen LogP contribution in [0.4, 0.5) is 16.6 Å². The number of hydrogen-bond donors (Lipinski definition) is 2. The number of thiazole rings is 1. The zero-order valence-corrected chi connectivity index (χ0v) is 15.5. The number of nitrogens with one attached hydrogen (secondary N) is 2. The summed E-state index contributed by atoms with van der Waals surface area (Å²) in [6.07, 6.45) is 1.94. The molecular formula is C20H17N5OS. The van der Waals surface area contributed by atoms with Crippen LogP contribution in [0.1, 0.15) is 11.4 Å². The molecule has 4 rings (SSSR count). The number of fused-ring (bicyclic) bond motifs is 1. The summed E-state index contributed by atoms with van der Waals surface area (Å²) in [6, 6.07) is 15.2. The van der Waals surface area contributed by atoms with E-state index in [9.17, 15) is 4.79 Å². The highest BCUT2D eigenvalue weighted by Crippen LogP contribution is 2.23. The minimum Gasteiger partial charge on any atom is -0.325 e. The molecule has 0 spiro atoms. The molecule has 0 saturated heterocycles. The van der Waals surface area contributed by atoms with Gasteiger partial charge < -0.3 is 10.6 Å². The molecule has 1 amide bonds. The minimum atomic E-state index is -0.114. The van der Waals surface area contributed by atoms with Gasteiger partial charge in [0.25, 0.3) is 0 Å². The fourth-order valence-corrected chi connectivity index (χ4v) is 3.46. The number of rotatable bonds is 5. The highest BCUT2D eigenvalue weighted by Gasteiger charge is 2.10. The molecule has 0 saturated carbocycles. The van der Waals surface area contributed by atoms with E-state index in [0.717, 1.165) is 28.1 Å². The fraction of sp³-hybridized carbons (Fsp3) is 0.100. The maximum atomic E-state index is 12.4. The van der Waals surface area contributed by atoms with Crippen molar-refractivity contribution in [3.8, 4) is 0 Å². The Hall–Kier alpha value is -3.32. The van der Waals surface area contributed by atoms with Crippen molar-refractivity contribution >= 4 is 44.8 Å². The lowest BCUT2D eigenvalue weighted by Gasteiger charge is -2.07. The lowest BCUT2D eigenvalue weighted by molar-refractivity contribution is -0.115. The number of benzene rings is 1. The molecule has 0 aliphatic rings. The molecule has 0 fully saturated rings. The molecule has 7 heteroatoms. The van der Waals surface area contributed by atoms with Gasteiger partial charge in [-0.1, -0.05) is 12.1 Å². The largest absolute Gasteiger partial charge is 0.325 e. The molecule has 6 nitrogen and oxygen atoms in total. The lowest BCUT2D eigenvalue weighted by Crippen LogP contribution is -2.14. The summed E-state index contributed by atoms with van der Waals surface area (Å²) in [5, 5.41) is 9.63. The Balaban J connectivity index is 1.43. The highest BCUT2D eigenvalue weighted by atomic mass is 32.1. The quantitative estimate of drug-likeness (QED) is 0.543. The van der Waals surface area contributed by atoms with E-state index in [1.165, 1.54) is 11.3 Å². The Morgan fingerprint density at radius 3 is 2.85 bits per heavy atom. The van der Waals surface area contributed by atoms with Crippen LogP contribution in [0, 0.1) is 6.92 Å². The summed E-state index contributed by atoms with van der Waals surface area (Å²) in [5.74, 6) is 0.625. The standard InChI is InChI=1S/C20H17N5OS/c1-13-5-2-9-18(22-13)25-20-23-14(12-27-20)11-19(26)24-17-8-3-7-16-15(17)6-4-10-21-16/h2-10,12H,11H2,1H3,(H,24,26)(H,22,23,25). The molecule has 0 atom stereocenters. The number of aromatic nitrogens is 3. The van der Waals surface area contributed by atoms with Crippen molar-refractivity contribution in [2.75, 3.05) is 10.6 Å². The summed E-state index contributed by atoms with van der Waals surface area (Å²) in [7, 11) is 0. The third-order valence-corrected chi connectivity index (χ3v) is 4.74. The van der Waals surface area contributed by atoms with E-state index < -0.39 is 0 Å². The molecule has 3 aromatic heterocycles. The summed E-state index contributed by atoms with van der Waals surface area (Å²) in [4.78, 5) is 25.6. The zero-order valence-electron chi connectivity index (χ0n) is 14.6. The predicted octanol–water partition coefficient (Wildman–Crippen LogP) is 4.32. The first kappa shape index (κ1) is 17.1. The van der Waals surface area contributed by atoms with Gasteiger partial charge in [0.1, 0.15) is 5.82 Å². The Kier molecular flexibility index (Phi) is 4.76. The summed E-state index contributed by atoms with van der Waals surface area (Å²) >= 11 is 1.45. The van der Waals surface area contributed by atoms with Crippen LogP contribution in [-0.2, 0) is 11.2 Å². The molecule has 134 valence electrons. The molecule has 0 aliphatic heterocycles. The molecule has 4 aromatic rings. The van der Waals surface area contributed by atoms with E-state index in [1.807, 2.05) is 60.8 Å². The van der Waals surface area contributed by atoms with Gasteiger partial charge in [0, 0.05) is 22.7 Å². The second-order valence-electron chi connectivity index (χ2n) is 6.03. The van der Waals surface area contributed by atoms with Crippen molar-refractivity contribution in [1.82, 2.24) is 15.0 Å². The van der Waals surface area contributed by atoms with Crippen molar-refractivity contribution in [3.05, 3.63) is 71.5 Å². The zero-order chi connectivity index (χ0) is 18.6. The maximum Gasteiger partial charge on any atom is 0.230 e. The summed E-state index contributed by atoms with van der Waals surface area (Å²) in [6.45, 7) is 1.94. The average Bonchev–Trinajstić information content (AvgIpc) is 3.08. The third-order valence-electron chi connectivity index (χ3n) is 3.94. The van der Waals surface area contributed by atoms with Gasteiger partial charge >= 0.3 is 0 Å².